The molecule has 0 aromatic heterocycles. The van der Waals surface area contributed by atoms with Crippen molar-refractivity contribution in [2.24, 2.45) is 0 Å². The van der Waals surface area contributed by atoms with Crippen LogP contribution in [0, 0.1) is 0 Å². The Labute approximate surface area is 159 Å². The van der Waals surface area contributed by atoms with E-state index in [1.54, 1.807) is 6.08 Å². The minimum atomic E-state index is -2.60. The Morgan fingerprint density at radius 2 is 1.42 bits per heavy atom. The van der Waals surface area contributed by atoms with Crippen LogP contribution in [-0.4, -0.2) is 25.6 Å². The maximum atomic E-state index is 11.0. The quantitative estimate of drug-likeness (QED) is 0.557. The summed E-state index contributed by atoms with van der Waals surface area (Å²) in [5.41, 5.74) is -0.880. The van der Waals surface area contributed by atoms with Gasteiger partial charge >= 0.3 is 0 Å². The number of benzene rings is 2. The lowest BCUT2D eigenvalue weighted by Crippen LogP contribution is -2.67. The Morgan fingerprint density at radius 3 is 1.77 bits per heavy atom. The van der Waals surface area contributed by atoms with E-state index in [0.29, 0.717) is 19.4 Å². The molecule has 0 aliphatic carbocycles. The molecule has 1 N–H and O–H groups in total. The summed E-state index contributed by atoms with van der Waals surface area (Å²) in [4.78, 5) is 0. The van der Waals surface area contributed by atoms with Gasteiger partial charge in [-0.25, -0.2) is 0 Å². The molecule has 2 aromatic carbocycles. The van der Waals surface area contributed by atoms with Gasteiger partial charge in [-0.15, -0.1) is 6.58 Å². The van der Waals surface area contributed by atoms with Crippen LogP contribution < -0.4 is 10.4 Å². The summed E-state index contributed by atoms with van der Waals surface area (Å²) in [5.74, 6) is 0. The third kappa shape index (κ3) is 4.17. The molecular weight excluding hydrogens is 336 g/mol. The first-order valence-electron chi connectivity index (χ1n) is 9.37. The third-order valence-electron chi connectivity index (χ3n) is 5.16. The highest BCUT2D eigenvalue weighted by Gasteiger charge is 2.51. The Kier molecular flexibility index (Phi) is 6.62. The van der Waals surface area contributed by atoms with Crippen LogP contribution in [0.25, 0.3) is 0 Å². The van der Waals surface area contributed by atoms with Crippen molar-refractivity contribution in [3.63, 3.8) is 0 Å². The van der Waals surface area contributed by atoms with Gasteiger partial charge in [0.05, 0.1) is 12.2 Å². The smallest absolute Gasteiger partial charge is 0.261 e. The van der Waals surface area contributed by atoms with Gasteiger partial charge in [0.2, 0.25) is 0 Å². The monoisotopic (exact) mass is 368 g/mol. The molecule has 140 valence electrons. The molecule has 0 aliphatic heterocycles. The van der Waals surface area contributed by atoms with Crippen molar-refractivity contribution in [3.8, 4) is 0 Å². The fraction of sp³-hybridized carbons (Fsp3) is 0.391. The van der Waals surface area contributed by atoms with Crippen LogP contribution in [0.3, 0.4) is 0 Å². The molecule has 2 nitrogen and oxygen atoms in total. The lowest BCUT2D eigenvalue weighted by molar-refractivity contribution is -0.00880. The van der Waals surface area contributed by atoms with E-state index in [1.807, 2.05) is 19.1 Å². The second-order valence-corrected chi connectivity index (χ2v) is 12.3. The zero-order valence-corrected chi connectivity index (χ0v) is 17.5. The second-order valence-electron chi connectivity index (χ2n) is 8.02. The van der Waals surface area contributed by atoms with E-state index < -0.39 is 13.9 Å². The van der Waals surface area contributed by atoms with Gasteiger partial charge in [0.15, 0.2) is 0 Å². The van der Waals surface area contributed by atoms with Gasteiger partial charge in [0.25, 0.3) is 8.32 Å². The maximum absolute atomic E-state index is 11.0. The van der Waals surface area contributed by atoms with Gasteiger partial charge in [-0.1, -0.05) is 94.4 Å². The van der Waals surface area contributed by atoms with Gasteiger partial charge in [-0.2, -0.15) is 0 Å². The molecule has 0 heterocycles. The van der Waals surface area contributed by atoms with E-state index in [0.717, 1.165) is 0 Å². The van der Waals surface area contributed by atoms with Crippen molar-refractivity contribution in [2.75, 3.05) is 6.61 Å². The third-order valence-corrected chi connectivity index (χ3v) is 10.1. The van der Waals surface area contributed by atoms with Gasteiger partial charge in [-0.05, 0) is 28.3 Å². The Hall–Kier alpha value is -1.68. The molecule has 0 aliphatic rings. The lowest BCUT2D eigenvalue weighted by atomic mass is 9.98. The van der Waals surface area contributed by atoms with Crippen LogP contribution in [0.15, 0.2) is 73.3 Å². The van der Waals surface area contributed by atoms with E-state index in [1.165, 1.54) is 10.4 Å². The topological polar surface area (TPSA) is 29.5 Å². The Bertz CT molecular complexity index is 652. The van der Waals surface area contributed by atoms with Gasteiger partial charge in [0.1, 0.15) is 0 Å². The molecule has 0 radical (unpaired) electrons. The van der Waals surface area contributed by atoms with Crippen molar-refractivity contribution in [3.05, 3.63) is 73.3 Å². The largest absolute Gasteiger partial charge is 0.404 e. The van der Waals surface area contributed by atoms with Crippen LogP contribution >= 0.6 is 0 Å². The van der Waals surface area contributed by atoms with Gasteiger partial charge in [-0.3, -0.25) is 0 Å². The molecule has 0 saturated heterocycles. The average Bonchev–Trinajstić information content (AvgIpc) is 2.63. The minimum absolute atomic E-state index is 0.0848. The number of hydrogen-bond donors (Lipinski definition) is 1. The molecule has 0 bridgehead atoms. The fourth-order valence-corrected chi connectivity index (χ4v) is 8.22. The summed E-state index contributed by atoms with van der Waals surface area (Å²) in [6.07, 6.45) is 2.94. The summed E-state index contributed by atoms with van der Waals surface area (Å²) < 4.78 is 6.82. The Morgan fingerprint density at radius 1 is 0.962 bits per heavy atom. The van der Waals surface area contributed by atoms with Crippen LogP contribution in [0.1, 0.15) is 40.5 Å². The molecular formula is C23H32O2Si. The first-order chi connectivity index (χ1) is 12.3. The molecule has 0 saturated carbocycles. The zero-order valence-electron chi connectivity index (χ0n) is 16.5. The summed E-state index contributed by atoms with van der Waals surface area (Å²) in [7, 11) is -2.60. The van der Waals surface area contributed by atoms with Crippen LogP contribution in [0.5, 0.6) is 0 Å². The highest BCUT2D eigenvalue weighted by atomic mass is 28.4. The molecule has 0 fully saturated rings. The van der Waals surface area contributed by atoms with E-state index in [4.69, 9.17) is 4.43 Å². The highest BCUT2D eigenvalue weighted by molar-refractivity contribution is 6.99. The molecule has 0 spiro atoms. The normalized spacial score (nSPS) is 14.7. The van der Waals surface area contributed by atoms with Crippen LogP contribution in [0.4, 0.5) is 0 Å². The predicted octanol–water partition coefficient (Wildman–Crippen LogP) is 4.28. The van der Waals surface area contributed by atoms with Crippen LogP contribution in [0.2, 0.25) is 5.04 Å². The maximum Gasteiger partial charge on any atom is 0.261 e. The molecule has 2 aromatic rings. The molecule has 26 heavy (non-hydrogen) atoms. The predicted molar refractivity (Wildman–Crippen MR) is 114 cm³/mol. The number of hydrogen-bond acceptors (Lipinski definition) is 2. The van der Waals surface area contributed by atoms with E-state index >= 15 is 0 Å². The van der Waals surface area contributed by atoms with E-state index in [2.05, 4.69) is 75.9 Å². The van der Waals surface area contributed by atoms with Crippen LogP contribution in [-0.2, 0) is 4.43 Å². The summed E-state index contributed by atoms with van der Waals surface area (Å²) in [6.45, 7) is 12.8. The summed E-state index contributed by atoms with van der Waals surface area (Å²) in [6, 6.07) is 21.1. The summed E-state index contributed by atoms with van der Waals surface area (Å²) >= 11 is 0. The van der Waals surface area contributed by atoms with Gasteiger partial charge in [0, 0.05) is 0 Å². The van der Waals surface area contributed by atoms with Gasteiger partial charge < -0.3 is 9.53 Å². The molecule has 1 unspecified atom stereocenters. The number of rotatable bonds is 8. The molecule has 0 amide bonds. The first-order valence-corrected chi connectivity index (χ1v) is 11.3. The molecule has 1 atom stereocenters. The van der Waals surface area contributed by atoms with Crippen molar-refractivity contribution in [1.82, 2.24) is 0 Å². The lowest BCUT2D eigenvalue weighted by Gasteiger charge is -2.44. The second kappa shape index (κ2) is 8.34. The fourth-order valence-electron chi connectivity index (χ4n) is 3.58. The zero-order chi connectivity index (χ0) is 19.3. The number of aliphatic hydroxyl groups is 1. The molecule has 3 heteroatoms. The SMILES string of the molecule is C=CCC(O)(CC)CO[Si](c1ccccc1)(c1ccccc1)C(C)(C)C. The first kappa shape index (κ1) is 20.6. The Balaban J connectivity index is 2.59. The summed E-state index contributed by atoms with van der Waals surface area (Å²) in [5, 5.41) is 13.3. The van der Waals surface area contributed by atoms with E-state index in [9.17, 15) is 5.11 Å². The highest BCUT2D eigenvalue weighted by Crippen LogP contribution is 2.37. The average molecular weight is 369 g/mol. The molecule has 2 rings (SSSR count). The van der Waals surface area contributed by atoms with Crippen molar-refractivity contribution in [2.45, 2.75) is 51.2 Å². The minimum Gasteiger partial charge on any atom is -0.404 e. The standard InChI is InChI=1S/C23H32O2Si/c1-6-18-23(24,7-2)19-25-26(22(3,4)5,20-14-10-8-11-15-20)21-16-12-9-13-17-21/h6,8-17,24H,1,7,18-19H2,2-5H3. The van der Waals surface area contributed by atoms with Crippen molar-refractivity contribution >= 4 is 18.7 Å². The van der Waals surface area contributed by atoms with Crippen molar-refractivity contribution in [1.29, 1.82) is 0 Å². The van der Waals surface area contributed by atoms with E-state index in [-0.39, 0.29) is 5.04 Å². The van der Waals surface area contributed by atoms with Crippen molar-refractivity contribution < 1.29 is 9.53 Å².